The lowest BCUT2D eigenvalue weighted by atomic mass is 9.82. The van der Waals surface area contributed by atoms with Gasteiger partial charge in [-0.3, -0.25) is 0 Å². The number of hydrogen-bond acceptors (Lipinski definition) is 1. The number of aromatic nitrogens is 1. The fourth-order valence-corrected chi connectivity index (χ4v) is 6.56. The van der Waals surface area contributed by atoms with E-state index in [1.54, 1.807) is 0 Å². The lowest BCUT2D eigenvalue weighted by molar-refractivity contribution is 0.725. The van der Waals surface area contributed by atoms with Crippen LogP contribution in [0.1, 0.15) is 49.4 Å². The summed E-state index contributed by atoms with van der Waals surface area (Å²) < 4.78 is 2.44. The molecular formula is C40H36N2. The number of hydrogen-bond donors (Lipinski definition) is 0. The SMILES string of the molecule is C1=CC2C(c3ccccc3N2c2ccccc2)c2c1n(-c1ccc(-c3ccccc3)cc1)c1ccccc21.CCCC. The zero-order chi connectivity index (χ0) is 28.5. The van der Waals surface area contributed by atoms with Crippen LogP contribution in [-0.4, -0.2) is 10.6 Å². The van der Waals surface area contributed by atoms with E-state index in [0.29, 0.717) is 0 Å². The Hall–Kier alpha value is -4.82. The second-order valence-corrected chi connectivity index (χ2v) is 11.2. The molecule has 2 heteroatoms. The first-order valence-electron chi connectivity index (χ1n) is 15.2. The van der Waals surface area contributed by atoms with E-state index in [1.807, 2.05) is 0 Å². The predicted molar refractivity (Wildman–Crippen MR) is 179 cm³/mol. The second kappa shape index (κ2) is 11.2. The molecule has 0 amide bonds. The highest BCUT2D eigenvalue weighted by Gasteiger charge is 2.43. The average Bonchev–Trinajstić information content (AvgIpc) is 3.58. The van der Waals surface area contributed by atoms with Crippen LogP contribution in [0.3, 0.4) is 0 Å². The lowest BCUT2D eigenvalue weighted by Crippen LogP contribution is -2.30. The molecule has 1 aliphatic carbocycles. The van der Waals surface area contributed by atoms with Crippen molar-refractivity contribution in [1.29, 1.82) is 0 Å². The normalized spacial score (nSPS) is 16.4. The van der Waals surface area contributed by atoms with Crippen molar-refractivity contribution in [2.45, 2.75) is 38.6 Å². The van der Waals surface area contributed by atoms with E-state index in [9.17, 15) is 0 Å². The zero-order valence-electron chi connectivity index (χ0n) is 24.3. The lowest BCUT2D eigenvalue weighted by Gasteiger charge is -2.31. The molecule has 2 unspecified atom stereocenters. The van der Waals surface area contributed by atoms with Gasteiger partial charge in [-0.15, -0.1) is 0 Å². The van der Waals surface area contributed by atoms with Crippen LogP contribution >= 0.6 is 0 Å². The summed E-state index contributed by atoms with van der Waals surface area (Å²) in [6, 6.07) is 48.5. The van der Waals surface area contributed by atoms with E-state index < -0.39 is 0 Å². The molecule has 2 aliphatic rings. The van der Waals surface area contributed by atoms with Gasteiger partial charge in [0.25, 0.3) is 0 Å². The van der Waals surface area contributed by atoms with Crippen LogP contribution in [0.5, 0.6) is 0 Å². The van der Waals surface area contributed by atoms with Crippen molar-refractivity contribution in [3.8, 4) is 16.8 Å². The summed E-state index contributed by atoms with van der Waals surface area (Å²) >= 11 is 0. The topological polar surface area (TPSA) is 8.17 Å². The van der Waals surface area contributed by atoms with Crippen LogP contribution in [0, 0.1) is 0 Å². The zero-order valence-corrected chi connectivity index (χ0v) is 24.3. The van der Waals surface area contributed by atoms with Crippen LogP contribution in [0.15, 0.2) is 140 Å². The fourth-order valence-electron chi connectivity index (χ4n) is 6.56. The summed E-state index contributed by atoms with van der Waals surface area (Å²) in [6.45, 7) is 4.36. The molecule has 6 aromatic rings. The van der Waals surface area contributed by atoms with Gasteiger partial charge in [0.1, 0.15) is 0 Å². The van der Waals surface area contributed by atoms with Gasteiger partial charge in [0.2, 0.25) is 0 Å². The van der Waals surface area contributed by atoms with Crippen molar-refractivity contribution in [3.05, 3.63) is 156 Å². The molecule has 0 radical (unpaired) electrons. The molecule has 206 valence electrons. The molecule has 8 rings (SSSR count). The van der Waals surface area contributed by atoms with E-state index >= 15 is 0 Å². The largest absolute Gasteiger partial charge is 0.333 e. The number of unbranched alkanes of at least 4 members (excludes halogenated alkanes) is 1. The van der Waals surface area contributed by atoms with E-state index in [-0.39, 0.29) is 12.0 Å². The quantitative estimate of drug-likeness (QED) is 0.214. The maximum absolute atomic E-state index is 2.51. The molecule has 0 N–H and O–H groups in total. The van der Waals surface area contributed by atoms with Gasteiger partial charge in [-0.05, 0) is 64.7 Å². The smallest absolute Gasteiger partial charge is 0.0637 e. The van der Waals surface area contributed by atoms with Gasteiger partial charge in [-0.2, -0.15) is 0 Å². The Morgan fingerprint density at radius 2 is 1.19 bits per heavy atom. The monoisotopic (exact) mass is 544 g/mol. The number of benzene rings is 5. The third kappa shape index (κ3) is 4.35. The summed E-state index contributed by atoms with van der Waals surface area (Å²) in [6.07, 6.45) is 7.40. The van der Waals surface area contributed by atoms with Crippen molar-refractivity contribution in [3.63, 3.8) is 0 Å². The molecule has 42 heavy (non-hydrogen) atoms. The molecule has 0 spiro atoms. The molecule has 0 bridgehead atoms. The van der Waals surface area contributed by atoms with Gasteiger partial charge in [-0.25, -0.2) is 0 Å². The molecule has 1 aliphatic heterocycles. The number of anilines is 2. The summed E-state index contributed by atoms with van der Waals surface area (Å²) in [5.74, 6) is 0.265. The first-order chi connectivity index (χ1) is 20.8. The maximum Gasteiger partial charge on any atom is 0.0637 e. The van der Waals surface area contributed by atoms with Gasteiger partial charge in [0.05, 0.1) is 17.3 Å². The molecule has 0 saturated heterocycles. The highest BCUT2D eigenvalue weighted by molar-refractivity contribution is 5.94. The molecule has 2 nitrogen and oxygen atoms in total. The van der Waals surface area contributed by atoms with Gasteiger partial charge in [0, 0.05) is 28.4 Å². The summed E-state index contributed by atoms with van der Waals surface area (Å²) in [5, 5.41) is 1.33. The molecule has 1 aromatic heterocycles. The van der Waals surface area contributed by atoms with Crippen LogP contribution < -0.4 is 4.90 Å². The molecule has 0 fully saturated rings. The van der Waals surface area contributed by atoms with Crippen molar-refractivity contribution in [2.24, 2.45) is 0 Å². The molecule has 5 aromatic carbocycles. The van der Waals surface area contributed by atoms with Crippen LogP contribution in [0.2, 0.25) is 0 Å². The van der Waals surface area contributed by atoms with Gasteiger partial charge < -0.3 is 9.47 Å². The maximum atomic E-state index is 2.51. The Bertz CT molecular complexity index is 1840. The Balaban J connectivity index is 0.000000680. The third-order valence-electron chi connectivity index (χ3n) is 8.65. The third-order valence-corrected chi connectivity index (χ3v) is 8.65. The van der Waals surface area contributed by atoms with Gasteiger partial charge in [-0.1, -0.05) is 130 Å². The number of rotatable bonds is 4. The minimum absolute atomic E-state index is 0.238. The van der Waals surface area contributed by atoms with Crippen LogP contribution in [0.4, 0.5) is 11.4 Å². The number of fused-ring (bicyclic) bond motifs is 7. The van der Waals surface area contributed by atoms with Crippen LogP contribution in [0.25, 0.3) is 33.8 Å². The van der Waals surface area contributed by atoms with E-state index in [2.05, 4.69) is 169 Å². The van der Waals surface area contributed by atoms with E-state index in [1.165, 1.54) is 68.8 Å². The summed E-state index contributed by atoms with van der Waals surface area (Å²) in [7, 11) is 0. The molecule has 2 heterocycles. The Morgan fingerprint density at radius 1 is 0.571 bits per heavy atom. The first kappa shape index (κ1) is 26.1. The highest BCUT2D eigenvalue weighted by atomic mass is 15.2. The summed E-state index contributed by atoms with van der Waals surface area (Å²) in [4.78, 5) is 2.51. The van der Waals surface area contributed by atoms with E-state index in [4.69, 9.17) is 0 Å². The minimum Gasteiger partial charge on any atom is -0.333 e. The Labute approximate surface area is 249 Å². The highest BCUT2D eigenvalue weighted by Crippen LogP contribution is 2.53. The van der Waals surface area contributed by atoms with Crippen molar-refractivity contribution < 1.29 is 0 Å². The number of para-hydroxylation sites is 3. The second-order valence-electron chi connectivity index (χ2n) is 11.2. The number of nitrogens with zero attached hydrogens (tertiary/aromatic N) is 2. The Morgan fingerprint density at radius 3 is 1.93 bits per heavy atom. The predicted octanol–water partition coefficient (Wildman–Crippen LogP) is 10.8. The van der Waals surface area contributed by atoms with Crippen LogP contribution in [-0.2, 0) is 0 Å². The van der Waals surface area contributed by atoms with Gasteiger partial charge in [0.15, 0.2) is 0 Å². The molecule has 2 atom stereocenters. The fraction of sp³-hybridized carbons (Fsp3) is 0.150. The van der Waals surface area contributed by atoms with E-state index in [0.717, 1.165) is 0 Å². The average molecular weight is 545 g/mol. The van der Waals surface area contributed by atoms with Crippen molar-refractivity contribution in [1.82, 2.24) is 4.57 Å². The molecule has 0 saturated carbocycles. The minimum atomic E-state index is 0.238. The summed E-state index contributed by atoms with van der Waals surface area (Å²) in [5.41, 5.74) is 11.6. The standard InChI is InChI=1S/C36H26N2.C4H10/c1-3-11-25(12-4-1)26-19-21-28(22-20-26)38-32-18-10-8-16-30(32)36-34(38)24-23-33-35(36)29-15-7-9-17-31(29)37(33)27-13-5-2-6-14-27;1-3-4-2/h1-24,33,35H;3-4H2,1-2H3. The first-order valence-corrected chi connectivity index (χ1v) is 15.2. The Kier molecular flexibility index (Phi) is 6.97. The van der Waals surface area contributed by atoms with Gasteiger partial charge >= 0.3 is 0 Å². The molecular weight excluding hydrogens is 508 g/mol. The van der Waals surface area contributed by atoms with Crippen molar-refractivity contribution >= 4 is 28.4 Å². The van der Waals surface area contributed by atoms with Crippen molar-refractivity contribution in [2.75, 3.05) is 4.90 Å².